The van der Waals surface area contributed by atoms with E-state index >= 15 is 0 Å². The fourth-order valence-electron chi connectivity index (χ4n) is 4.21. The van der Waals surface area contributed by atoms with E-state index in [1.807, 2.05) is 0 Å². The highest BCUT2D eigenvalue weighted by Crippen LogP contribution is 2.47. The summed E-state index contributed by atoms with van der Waals surface area (Å²) < 4.78 is 5.03. The van der Waals surface area contributed by atoms with Gasteiger partial charge in [-0.2, -0.15) is 0 Å². The summed E-state index contributed by atoms with van der Waals surface area (Å²) in [5, 5.41) is 2.16. The molecule has 0 N–H and O–H groups in total. The van der Waals surface area contributed by atoms with Crippen LogP contribution in [-0.2, 0) is 19.2 Å². The van der Waals surface area contributed by atoms with E-state index in [9.17, 15) is 14.4 Å². The van der Waals surface area contributed by atoms with Gasteiger partial charge in [0.15, 0.2) is 6.10 Å². The second-order valence-corrected chi connectivity index (χ2v) is 8.12. The Morgan fingerprint density at radius 2 is 1.58 bits per heavy atom. The lowest BCUT2D eigenvalue weighted by molar-refractivity contribution is -0.132. The van der Waals surface area contributed by atoms with Gasteiger partial charge in [0.2, 0.25) is 5.91 Å². The molecular weight excluding hydrogens is 446 g/mol. The molecule has 2 aliphatic rings. The maximum absolute atomic E-state index is 13.6. The fraction of sp³-hybridized carbons (Fsp3) is 0.167. The number of hydrogen-bond donors (Lipinski definition) is 0. The number of pyridine rings is 1. The van der Waals surface area contributed by atoms with E-state index in [1.165, 1.54) is 19.1 Å². The van der Waals surface area contributed by atoms with Gasteiger partial charge < -0.3 is 4.74 Å². The molecule has 9 heteroatoms. The molecule has 5 rings (SSSR count). The van der Waals surface area contributed by atoms with Gasteiger partial charge in [0.1, 0.15) is 11.7 Å². The van der Waals surface area contributed by atoms with Gasteiger partial charge in [-0.3, -0.25) is 24.2 Å². The molecule has 8 nitrogen and oxygen atoms in total. The average molecular weight is 464 g/mol. The van der Waals surface area contributed by atoms with E-state index in [1.54, 1.807) is 66.0 Å². The van der Waals surface area contributed by atoms with Crippen LogP contribution in [0.3, 0.4) is 0 Å². The number of nitrogens with zero attached hydrogens (tertiary/aromatic N) is 3. The standard InChI is InChI=1S/C24H18ClN3O5/c1-14(29)32-19-8-6-17(7-9-19)27-23(30)20-21(15-10-12-26-13-11-15)28(33-22(20)24(27)31)18-4-2-16(25)3-5-18/h2-13,20-22H,1H3/t20-,21-,22+/m1/s1. The predicted molar refractivity (Wildman–Crippen MR) is 120 cm³/mol. The lowest BCUT2D eigenvalue weighted by Gasteiger charge is -2.28. The number of imide groups is 1. The normalized spacial score (nSPS) is 21.9. The number of amides is 2. The van der Waals surface area contributed by atoms with E-state index in [4.69, 9.17) is 21.2 Å². The summed E-state index contributed by atoms with van der Waals surface area (Å²) in [6.45, 7) is 1.30. The summed E-state index contributed by atoms with van der Waals surface area (Å²) in [6, 6.07) is 16.2. The highest BCUT2D eigenvalue weighted by atomic mass is 35.5. The summed E-state index contributed by atoms with van der Waals surface area (Å²) in [6.07, 6.45) is 2.28. The minimum Gasteiger partial charge on any atom is -0.427 e. The van der Waals surface area contributed by atoms with Crippen LogP contribution in [-0.4, -0.2) is 28.9 Å². The van der Waals surface area contributed by atoms with E-state index in [0.29, 0.717) is 22.1 Å². The first-order valence-corrected chi connectivity index (χ1v) is 10.6. The third-order valence-electron chi connectivity index (χ3n) is 5.60. The lowest BCUT2D eigenvalue weighted by Crippen LogP contribution is -2.37. The van der Waals surface area contributed by atoms with Crippen LogP contribution in [0.15, 0.2) is 73.1 Å². The molecule has 1 aromatic heterocycles. The molecule has 0 bridgehead atoms. The van der Waals surface area contributed by atoms with E-state index < -0.39 is 29.9 Å². The molecule has 2 amide bonds. The van der Waals surface area contributed by atoms with Crippen LogP contribution < -0.4 is 14.7 Å². The van der Waals surface area contributed by atoms with Gasteiger partial charge in [-0.05, 0) is 66.2 Å². The molecule has 166 valence electrons. The third kappa shape index (κ3) is 3.73. The molecule has 33 heavy (non-hydrogen) atoms. The van der Waals surface area contributed by atoms with Crippen molar-refractivity contribution in [1.29, 1.82) is 0 Å². The minimum absolute atomic E-state index is 0.324. The largest absolute Gasteiger partial charge is 0.427 e. The molecule has 2 aliphatic heterocycles. The van der Waals surface area contributed by atoms with Crippen LogP contribution in [0.4, 0.5) is 11.4 Å². The zero-order valence-corrected chi connectivity index (χ0v) is 18.2. The Labute approximate surface area is 194 Å². The highest BCUT2D eigenvalue weighted by molar-refractivity contribution is 6.30. The zero-order valence-electron chi connectivity index (χ0n) is 17.4. The van der Waals surface area contributed by atoms with Gasteiger partial charge in [0.25, 0.3) is 5.91 Å². The van der Waals surface area contributed by atoms with E-state index in [-0.39, 0.29) is 5.91 Å². The molecule has 3 heterocycles. The Morgan fingerprint density at radius 3 is 2.21 bits per heavy atom. The van der Waals surface area contributed by atoms with Crippen molar-refractivity contribution in [2.75, 3.05) is 9.96 Å². The number of aromatic nitrogens is 1. The predicted octanol–water partition coefficient (Wildman–Crippen LogP) is 3.71. The van der Waals surface area contributed by atoms with Crippen LogP contribution in [0.1, 0.15) is 18.5 Å². The highest BCUT2D eigenvalue weighted by Gasteiger charge is 2.60. The topological polar surface area (TPSA) is 89.0 Å². The first kappa shape index (κ1) is 21.1. The maximum atomic E-state index is 13.6. The Bertz CT molecular complexity index is 1220. The van der Waals surface area contributed by atoms with Gasteiger partial charge >= 0.3 is 5.97 Å². The Balaban J connectivity index is 1.51. The molecule has 2 fully saturated rings. The smallest absolute Gasteiger partial charge is 0.308 e. The van der Waals surface area contributed by atoms with Crippen molar-refractivity contribution in [3.8, 4) is 5.75 Å². The molecule has 0 unspecified atom stereocenters. The zero-order chi connectivity index (χ0) is 23.1. The van der Waals surface area contributed by atoms with Gasteiger partial charge in [0.05, 0.1) is 17.4 Å². The maximum Gasteiger partial charge on any atom is 0.308 e. The van der Waals surface area contributed by atoms with Crippen LogP contribution in [0.25, 0.3) is 0 Å². The third-order valence-corrected chi connectivity index (χ3v) is 5.85. The number of fused-ring (bicyclic) bond motifs is 1. The van der Waals surface area contributed by atoms with Crippen LogP contribution in [0, 0.1) is 5.92 Å². The van der Waals surface area contributed by atoms with Crippen molar-refractivity contribution in [2.45, 2.75) is 19.1 Å². The van der Waals surface area contributed by atoms with E-state index in [2.05, 4.69) is 4.98 Å². The number of esters is 1. The van der Waals surface area contributed by atoms with Gasteiger partial charge in [0, 0.05) is 24.3 Å². The quantitative estimate of drug-likeness (QED) is 0.331. The molecular formula is C24H18ClN3O5. The summed E-state index contributed by atoms with van der Waals surface area (Å²) in [5.74, 6) is -1.72. The number of hydroxylamine groups is 1. The number of benzene rings is 2. The summed E-state index contributed by atoms with van der Waals surface area (Å²) in [7, 11) is 0. The molecule has 2 aromatic carbocycles. The van der Waals surface area contributed by atoms with Crippen molar-refractivity contribution in [2.24, 2.45) is 5.92 Å². The Kier molecular flexibility index (Phi) is 5.32. The van der Waals surface area contributed by atoms with Crippen molar-refractivity contribution < 1.29 is 24.0 Å². The SMILES string of the molecule is CC(=O)Oc1ccc(N2C(=O)[C@H]3[C@H](ON(c4ccc(Cl)cc4)[C@@H]3c3ccncc3)C2=O)cc1. The average Bonchev–Trinajstić information content (AvgIpc) is 3.31. The van der Waals surface area contributed by atoms with Crippen LogP contribution in [0.5, 0.6) is 5.75 Å². The number of carbonyl (C=O) groups is 3. The van der Waals surface area contributed by atoms with E-state index in [0.717, 1.165) is 10.5 Å². The Morgan fingerprint density at radius 1 is 0.939 bits per heavy atom. The number of rotatable bonds is 4. The number of anilines is 2. The molecule has 0 radical (unpaired) electrons. The van der Waals surface area contributed by atoms with Crippen molar-refractivity contribution >= 4 is 40.8 Å². The van der Waals surface area contributed by atoms with Crippen molar-refractivity contribution in [3.63, 3.8) is 0 Å². The molecule has 2 saturated heterocycles. The number of ether oxygens (including phenoxy) is 1. The molecule has 0 aliphatic carbocycles. The van der Waals surface area contributed by atoms with Crippen molar-refractivity contribution in [1.82, 2.24) is 4.98 Å². The van der Waals surface area contributed by atoms with Gasteiger partial charge in [-0.15, -0.1) is 0 Å². The number of halogens is 1. The minimum atomic E-state index is -0.987. The second kappa shape index (κ2) is 8.31. The van der Waals surface area contributed by atoms with Crippen LogP contribution >= 0.6 is 11.6 Å². The second-order valence-electron chi connectivity index (χ2n) is 7.68. The fourth-order valence-corrected chi connectivity index (χ4v) is 4.34. The van der Waals surface area contributed by atoms with Gasteiger partial charge in [-0.25, -0.2) is 9.96 Å². The van der Waals surface area contributed by atoms with Crippen molar-refractivity contribution in [3.05, 3.63) is 83.6 Å². The summed E-state index contributed by atoms with van der Waals surface area (Å²) in [4.78, 5) is 49.3. The molecule has 0 saturated carbocycles. The Hall–Kier alpha value is -3.75. The molecule has 0 spiro atoms. The first-order chi connectivity index (χ1) is 15.9. The molecule has 3 aromatic rings. The first-order valence-electron chi connectivity index (χ1n) is 10.2. The monoisotopic (exact) mass is 463 g/mol. The van der Waals surface area contributed by atoms with Gasteiger partial charge in [-0.1, -0.05) is 11.6 Å². The summed E-state index contributed by atoms with van der Waals surface area (Å²) in [5.41, 5.74) is 1.85. The lowest BCUT2D eigenvalue weighted by atomic mass is 9.91. The van der Waals surface area contributed by atoms with Crippen LogP contribution in [0.2, 0.25) is 5.02 Å². The number of carbonyl (C=O) groups excluding carboxylic acids is 3. The molecule has 3 atom stereocenters. The number of hydrogen-bond acceptors (Lipinski definition) is 7. The summed E-state index contributed by atoms with van der Waals surface area (Å²) >= 11 is 6.03.